The van der Waals surface area contributed by atoms with Crippen LogP contribution in [0.25, 0.3) is 11.2 Å². The molecule has 0 aliphatic carbocycles. The normalized spacial score (nSPS) is 10.8. The summed E-state index contributed by atoms with van der Waals surface area (Å²) in [6, 6.07) is 16.5. The van der Waals surface area contributed by atoms with E-state index in [9.17, 15) is 14.4 Å². The molecule has 1 N–H and O–H groups in total. The standard InChI is InChI=1S/C22H19N5O3/c1-15-6-5-9-17(12-15)25-18(28)14-26-20-19(23-10-11-24-20)21(29)27(22(26)30)13-16-7-3-2-4-8-16/h2-12H,13-14H2,1H3,(H,25,28). The molecule has 2 heterocycles. The van der Waals surface area contributed by atoms with Crippen LogP contribution in [-0.4, -0.2) is 25.0 Å². The van der Waals surface area contributed by atoms with Gasteiger partial charge in [0, 0.05) is 18.1 Å². The van der Waals surface area contributed by atoms with E-state index in [1.165, 1.54) is 17.0 Å². The summed E-state index contributed by atoms with van der Waals surface area (Å²) in [6.45, 7) is 1.70. The van der Waals surface area contributed by atoms with E-state index in [1.54, 1.807) is 6.07 Å². The number of nitrogens with zero attached hydrogens (tertiary/aromatic N) is 4. The number of anilines is 1. The van der Waals surface area contributed by atoms with E-state index in [4.69, 9.17) is 0 Å². The number of carbonyl (C=O) groups excluding carboxylic acids is 1. The Kier molecular flexibility index (Phi) is 5.21. The summed E-state index contributed by atoms with van der Waals surface area (Å²) in [5, 5.41) is 2.77. The van der Waals surface area contributed by atoms with Gasteiger partial charge in [0.25, 0.3) is 5.56 Å². The molecule has 2 aromatic heterocycles. The van der Waals surface area contributed by atoms with Crippen molar-refractivity contribution in [1.29, 1.82) is 0 Å². The van der Waals surface area contributed by atoms with Crippen molar-refractivity contribution >= 4 is 22.8 Å². The van der Waals surface area contributed by atoms with Gasteiger partial charge in [0.2, 0.25) is 5.91 Å². The van der Waals surface area contributed by atoms with Crippen molar-refractivity contribution in [3.8, 4) is 0 Å². The van der Waals surface area contributed by atoms with Crippen LogP contribution in [0.3, 0.4) is 0 Å². The molecule has 0 atom stereocenters. The van der Waals surface area contributed by atoms with Gasteiger partial charge in [-0.15, -0.1) is 0 Å². The van der Waals surface area contributed by atoms with Crippen LogP contribution in [0.5, 0.6) is 0 Å². The molecular weight excluding hydrogens is 382 g/mol. The van der Waals surface area contributed by atoms with Gasteiger partial charge in [-0.05, 0) is 30.2 Å². The minimum absolute atomic E-state index is 0.0383. The number of rotatable bonds is 5. The Labute approximate surface area is 171 Å². The summed E-state index contributed by atoms with van der Waals surface area (Å²) < 4.78 is 2.25. The predicted octanol–water partition coefficient (Wildman–Crippen LogP) is 1.95. The first-order valence-corrected chi connectivity index (χ1v) is 9.38. The summed E-state index contributed by atoms with van der Waals surface area (Å²) >= 11 is 0. The summed E-state index contributed by atoms with van der Waals surface area (Å²) in [5.74, 6) is -0.403. The molecule has 8 heteroatoms. The van der Waals surface area contributed by atoms with Crippen LogP contribution in [0.2, 0.25) is 0 Å². The highest BCUT2D eigenvalue weighted by atomic mass is 16.2. The molecule has 1 amide bonds. The number of aromatic nitrogens is 4. The maximum absolute atomic E-state index is 13.1. The maximum Gasteiger partial charge on any atom is 0.333 e. The molecule has 0 saturated heterocycles. The average Bonchev–Trinajstić information content (AvgIpc) is 2.75. The van der Waals surface area contributed by atoms with Crippen LogP contribution >= 0.6 is 0 Å². The van der Waals surface area contributed by atoms with Crippen molar-refractivity contribution < 1.29 is 4.79 Å². The van der Waals surface area contributed by atoms with Crippen LogP contribution in [0.1, 0.15) is 11.1 Å². The fourth-order valence-electron chi connectivity index (χ4n) is 3.24. The Morgan fingerprint density at radius 3 is 2.50 bits per heavy atom. The number of amides is 1. The Morgan fingerprint density at radius 2 is 1.73 bits per heavy atom. The van der Waals surface area contributed by atoms with E-state index < -0.39 is 17.2 Å². The quantitative estimate of drug-likeness (QED) is 0.551. The lowest BCUT2D eigenvalue weighted by atomic mass is 10.2. The van der Waals surface area contributed by atoms with Crippen molar-refractivity contribution in [2.45, 2.75) is 20.0 Å². The molecule has 150 valence electrons. The zero-order valence-electron chi connectivity index (χ0n) is 16.3. The molecule has 0 aliphatic heterocycles. The van der Waals surface area contributed by atoms with Gasteiger partial charge in [-0.3, -0.25) is 18.7 Å². The van der Waals surface area contributed by atoms with Crippen LogP contribution in [-0.2, 0) is 17.9 Å². The predicted molar refractivity (Wildman–Crippen MR) is 113 cm³/mol. The lowest BCUT2D eigenvalue weighted by Crippen LogP contribution is -2.42. The molecule has 0 radical (unpaired) electrons. The highest BCUT2D eigenvalue weighted by molar-refractivity contribution is 5.91. The van der Waals surface area contributed by atoms with E-state index >= 15 is 0 Å². The average molecular weight is 401 g/mol. The van der Waals surface area contributed by atoms with E-state index in [-0.39, 0.29) is 24.3 Å². The molecular formula is C22H19N5O3. The first-order chi connectivity index (χ1) is 14.5. The van der Waals surface area contributed by atoms with Crippen molar-refractivity contribution in [2.24, 2.45) is 0 Å². The fraction of sp³-hybridized carbons (Fsp3) is 0.136. The topological polar surface area (TPSA) is 98.9 Å². The number of hydrogen-bond acceptors (Lipinski definition) is 5. The summed E-state index contributed by atoms with van der Waals surface area (Å²) in [5.41, 5.74) is 1.38. The van der Waals surface area contributed by atoms with Crippen LogP contribution in [0.15, 0.2) is 76.6 Å². The second kappa shape index (κ2) is 8.12. The number of carbonyl (C=O) groups is 1. The fourth-order valence-corrected chi connectivity index (χ4v) is 3.24. The minimum atomic E-state index is -0.615. The number of hydrogen-bond donors (Lipinski definition) is 1. The molecule has 0 aliphatic rings. The molecule has 4 aromatic rings. The molecule has 0 unspecified atom stereocenters. The Hall–Kier alpha value is -4.07. The van der Waals surface area contributed by atoms with E-state index in [0.29, 0.717) is 5.69 Å². The first-order valence-electron chi connectivity index (χ1n) is 9.38. The molecule has 0 spiro atoms. The second-order valence-corrected chi connectivity index (χ2v) is 6.89. The van der Waals surface area contributed by atoms with Crippen molar-refractivity contribution in [3.05, 3.63) is 99.0 Å². The number of nitrogens with one attached hydrogen (secondary N) is 1. The lowest BCUT2D eigenvalue weighted by molar-refractivity contribution is -0.116. The number of benzene rings is 2. The van der Waals surface area contributed by atoms with Gasteiger partial charge in [0.1, 0.15) is 6.54 Å². The highest BCUT2D eigenvalue weighted by Gasteiger charge is 2.17. The van der Waals surface area contributed by atoms with Crippen molar-refractivity contribution in [2.75, 3.05) is 5.32 Å². The van der Waals surface area contributed by atoms with Gasteiger partial charge in [-0.1, -0.05) is 42.5 Å². The molecule has 2 aromatic carbocycles. The Balaban J connectivity index is 1.76. The van der Waals surface area contributed by atoms with Gasteiger partial charge in [0.05, 0.1) is 6.54 Å². The van der Waals surface area contributed by atoms with Crippen LogP contribution in [0, 0.1) is 6.92 Å². The third-order valence-corrected chi connectivity index (χ3v) is 4.63. The largest absolute Gasteiger partial charge is 0.333 e. The molecule has 0 fully saturated rings. The molecule has 30 heavy (non-hydrogen) atoms. The zero-order valence-corrected chi connectivity index (χ0v) is 16.3. The summed E-state index contributed by atoms with van der Waals surface area (Å²) in [7, 11) is 0. The smallest absolute Gasteiger partial charge is 0.325 e. The van der Waals surface area contributed by atoms with Crippen LogP contribution < -0.4 is 16.6 Å². The first kappa shape index (κ1) is 19.3. The molecule has 4 rings (SSSR count). The molecule has 0 saturated carbocycles. The van der Waals surface area contributed by atoms with Gasteiger partial charge < -0.3 is 5.32 Å². The Morgan fingerprint density at radius 1 is 0.967 bits per heavy atom. The number of fused-ring (bicyclic) bond motifs is 1. The third kappa shape index (κ3) is 3.88. The van der Waals surface area contributed by atoms with E-state index in [2.05, 4.69) is 15.3 Å². The van der Waals surface area contributed by atoms with Gasteiger partial charge in [-0.25, -0.2) is 14.8 Å². The second-order valence-electron chi connectivity index (χ2n) is 6.89. The van der Waals surface area contributed by atoms with Crippen molar-refractivity contribution in [1.82, 2.24) is 19.1 Å². The van der Waals surface area contributed by atoms with E-state index in [0.717, 1.165) is 15.7 Å². The molecule has 0 bridgehead atoms. The van der Waals surface area contributed by atoms with E-state index in [1.807, 2.05) is 55.5 Å². The van der Waals surface area contributed by atoms with Gasteiger partial charge in [0.15, 0.2) is 11.2 Å². The van der Waals surface area contributed by atoms with Gasteiger partial charge in [-0.2, -0.15) is 0 Å². The Bertz CT molecular complexity index is 1340. The monoisotopic (exact) mass is 401 g/mol. The van der Waals surface area contributed by atoms with Gasteiger partial charge >= 0.3 is 5.69 Å². The third-order valence-electron chi connectivity index (χ3n) is 4.63. The summed E-state index contributed by atoms with van der Waals surface area (Å²) in [4.78, 5) is 46.9. The molecule has 8 nitrogen and oxygen atoms in total. The zero-order chi connectivity index (χ0) is 21.1. The summed E-state index contributed by atoms with van der Waals surface area (Å²) in [6.07, 6.45) is 2.77. The number of aryl methyl sites for hydroxylation is 1. The minimum Gasteiger partial charge on any atom is -0.325 e. The van der Waals surface area contributed by atoms with Crippen molar-refractivity contribution in [3.63, 3.8) is 0 Å². The lowest BCUT2D eigenvalue weighted by Gasteiger charge is -2.13. The highest BCUT2D eigenvalue weighted by Crippen LogP contribution is 2.10. The SMILES string of the molecule is Cc1cccc(NC(=O)Cn2c(=O)n(Cc3ccccc3)c(=O)c3nccnc32)c1. The van der Waals surface area contributed by atoms with Crippen LogP contribution in [0.4, 0.5) is 5.69 Å². The maximum atomic E-state index is 13.1.